The number of ether oxygens (including phenoxy) is 1. The first-order valence-corrected chi connectivity index (χ1v) is 7.40. The van der Waals surface area contributed by atoms with Crippen molar-refractivity contribution in [3.05, 3.63) is 58.0 Å². The van der Waals surface area contributed by atoms with Gasteiger partial charge in [-0.3, -0.25) is 0 Å². The first-order chi connectivity index (χ1) is 9.78. The maximum atomic E-state index is 5.90. The number of hydrogen-bond acceptors (Lipinski definition) is 4. The van der Waals surface area contributed by atoms with Crippen molar-refractivity contribution in [3.8, 4) is 5.75 Å². The molecule has 0 aliphatic carbocycles. The summed E-state index contributed by atoms with van der Waals surface area (Å²) >= 11 is 1.62. The van der Waals surface area contributed by atoms with E-state index in [1.165, 1.54) is 5.39 Å². The van der Waals surface area contributed by atoms with E-state index in [-0.39, 0.29) is 0 Å². The molecular formula is C16H16N2OS. The number of aryl methyl sites for hydroxylation is 1. The van der Waals surface area contributed by atoms with Gasteiger partial charge in [0.1, 0.15) is 17.4 Å². The van der Waals surface area contributed by atoms with Crippen LogP contribution in [0.1, 0.15) is 16.3 Å². The van der Waals surface area contributed by atoms with Gasteiger partial charge in [-0.2, -0.15) is 0 Å². The molecule has 0 spiro atoms. The van der Waals surface area contributed by atoms with Crippen LogP contribution in [0.2, 0.25) is 0 Å². The molecule has 3 nitrogen and oxygen atoms in total. The third-order valence-electron chi connectivity index (χ3n) is 3.22. The van der Waals surface area contributed by atoms with Gasteiger partial charge in [0.15, 0.2) is 0 Å². The van der Waals surface area contributed by atoms with Crippen molar-refractivity contribution in [1.82, 2.24) is 4.98 Å². The quantitative estimate of drug-likeness (QED) is 0.795. The molecule has 0 aliphatic heterocycles. The lowest BCUT2D eigenvalue weighted by Gasteiger charge is -2.12. The lowest BCUT2D eigenvalue weighted by molar-refractivity contribution is 0.303. The van der Waals surface area contributed by atoms with Gasteiger partial charge in [0.05, 0.1) is 0 Å². The lowest BCUT2D eigenvalue weighted by Crippen LogP contribution is -2.03. The second-order valence-corrected chi connectivity index (χ2v) is 5.58. The zero-order valence-electron chi connectivity index (χ0n) is 11.3. The highest BCUT2D eigenvalue weighted by molar-refractivity contribution is 7.09. The summed E-state index contributed by atoms with van der Waals surface area (Å²) in [7, 11) is 0. The molecule has 2 aromatic carbocycles. The first kappa shape index (κ1) is 13.1. The molecule has 0 atom stereocenters. The van der Waals surface area contributed by atoms with Crippen LogP contribution in [-0.4, -0.2) is 4.98 Å². The Hall–Kier alpha value is -1.91. The minimum absolute atomic E-state index is 0.466. The number of nitrogens with two attached hydrogens (primary N) is 1. The zero-order valence-corrected chi connectivity index (χ0v) is 12.1. The third-order valence-corrected chi connectivity index (χ3v) is 4.16. The van der Waals surface area contributed by atoms with Crippen LogP contribution in [0.25, 0.3) is 10.8 Å². The van der Waals surface area contributed by atoms with Gasteiger partial charge in [-0.15, -0.1) is 11.3 Å². The molecule has 0 aliphatic rings. The van der Waals surface area contributed by atoms with E-state index in [1.54, 1.807) is 11.3 Å². The molecule has 1 aromatic heterocycles. The zero-order chi connectivity index (χ0) is 13.9. The number of hydrogen-bond donors (Lipinski definition) is 1. The smallest absolute Gasteiger partial charge is 0.140 e. The summed E-state index contributed by atoms with van der Waals surface area (Å²) < 4.78 is 5.90. The van der Waals surface area contributed by atoms with Crippen molar-refractivity contribution >= 4 is 22.1 Å². The summed E-state index contributed by atoms with van der Waals surface area (Å²) in [5.41, 5.74) is 7.98. The van der Waals surface area contributed by atoms with Crippen molar-refractivity contribution in [3.63, 3.8) is 0 Å². The Bertz CT molecular complexity index is 736. The SMILES string of the molecule is Cc1csc(COc2ccc3ccccc3c2CN)n1. The number of rotatable bonds is 4. The number of nitrogens with zero attached hydrogens (tertiary/aromatic N) is 1. The number of benzene rings is 2. The molecule has 4 heteroatoms. The summed E-state index contributed by atoms with van der Waals surface area (Å²) in [5, 5.41) is 5.36. The van der Waals surface area contributed by atoms with Gasteiger partial charge in [-0.05, 0) is 23.8 Å². The fourth-order valence-corrected chi connectivity index (χ4v) is 2.95. The largest absolute Gasteiger partial charge is 0.486 e. The Kier molecular flexibility index (Phi) is 3.67. The Balaban J connectivity index is 1.91. The van der Waals surface area contributed by atoms with Crippen LogP contribution in [0.15, 0.2) is 41.8 Å². The fourth-order valence-electron chi connectivity index (χ4n) is 2.27. The van der Waals surface area contributed by atoms with Crippen LogP contribution < -0.4 is 10.5 Å². The number of aromatic nitrogens is 1. The highest BCUT2D eigenvalue weighted by Crippen LogP contribution is 2.28. The highest BCUT2D eigenvalue weighted by Gasteiger charge is 2.08. The van der Waals surface area contributed by atoms with E-state index in [4.69, 9.17) is 10.5 Å². The summed E-state index contributed by atoms with van der Waals surface area (Å²) in [5.74, 6) is 0.846. The topological polar surface area (TPSA) is 48.1 Å². The molecule has 20 heavy (non-hydrogen) atoms. The van der Waals surface area contributed by atoms with Crippen molar-refractivity contribution in [1.29, 1.82) is 0 Å². The van der Waals surface area contributed by atoms with E-state index < -0.39 is 0 Å². The van der Waals surface area contributed by atoms with Gasteiger partial charge >= 0.3 is 0 Å². The molecule has 0 bridgehead atoms. The van der Waals surface area contributed by atoms with Gasteiger partial charge in [0.25, 0.3) is 0 Å². The van der Waals surface area contributed by atoms with Crippen LogP contribution >= 0.6 is 11.3 Å². The normalized spacial score (nSPS) is 10.9. The molecule has 0 saturated carbocycles. The molecular weight excluding hydrogens is 268 g/mol. The molecule has 2 N–H and O–H groups in total. The Morgan fingerprint density at radius 1 is 1.20 bits per heavy atom. The first-order valence-electron chi connectivity index (χ1n) is 6.52. The van der Waals surface area contributed by atoms with Crippen LogP contribution in [-0.2, 0) is 13.2 Å². The summed E-state index contributed by atoms with van der Waals surface area (Å²) in [6, 6.07) is 12.3. The molecule has 3 aromatic rings. The predicted octanol–water partition coefficient (Wildman–Crippen LogP) is 3.64. The van der Waals surface area contributed by atoms with Gasteiger partial charge < -0.3 is 10.5 Å². The van der Waals surface area contributed by atoms with E-state index in [0.29, 0.717) is 13.2 Å². The number of thiazole rings is 1. The lowest BCUT2D eigenvalue weighted by atomic mass is 10.0. The maximum absolute atomic E-state index is 5.90. The van der Waals surface area contributed by atoms with Gasteiger partial charge in [0, 0.05) is 23.2 Å². The minimum Gasteiger partial charge on any atom is -0.486 e. The minimum atomic E-state index is 0.466. The fraction of sp³-hybridized carbons (Fsp3) is 0.188. The molecule has 0 unspecified atom stereocenters. The average Bonchev–Trinajstić information content (AvgIpc) is 2.90. The molecule has 102 valence electrons. The molecule has 0 radical (unpaired) electrons. The van der Waals surface area contributed by atoms with Crippen molar-refractivity contribution in [2.75, 3.05) is 0 Å². The van der Waals surface area contributed by atoms with Crippen molar-refractivity contribution in [2.45, 2.75) is 20.1 Å². The van der Waals surface area contributed by atoms with Gasteiger partial charge in [-0.25, -0.2) is 4.98 Å². The summed E-state index contributed by atoms with van der Waals surface area (Å²) in [4.78, 5) is 4.41. The van der Waals surface area contributed by atoms with Crippen LogP contribution in [0.3, 0.4) is 0 Å². The number of fused-ring (bicyclic) bond motifs is 1. The third kappa shape index (κ3) is 2.53. The van der Waals surface area contributed by atoms with Gasteiger partial charge in [0.2, 0.25) is 0 Å². The maximum Gasteiger partial charge on any atom is 0.140 e. The predicted molar refractivity (Wildman–Crippen MR) is 83.0 cm³/mol. The van der Waals surface area contributed by atoms with Crippen LogP contribution in [0.4, 0.5) is 0 Å². The van der Waals surface area contributed by atoms with E-state index in [1.807, 2.05) is 30.5 Å². The Morgan fingerprint density at radius 3 is 2.80 bits per heavy atom. The van der Waals surface area contributed by atoms with E-state index >= 15 is 0 Å². The standard InChI is InChI=1S/C16H16N2OS/c1-11-10-20-16(18-11)9-19-15-7-6-12-4-2-3-5-13(12)14(15)8-17/h2-7,10H,8-9,17H2,1H3. The molecule has 0 amide bonds. The monoisotopic (exact) mass is 284 g/mol. The Labute approximate surface area is 122 Å². The van der Waals surface area contributed by atoms with Crippen molar-refractivity contribution in [2.24, 2.45) is 5.73 Å². The average molecular weight is 284 g/mol. The van der Waals surface area contributed by atoms with E-state index in [0.717, 1.165) is 27.4 Å². The van der Waals surface area contributed by atoms with Crippen LogP contribution in [0.5, 0.6) is 5.75 Å². The second kappa shape index (κ2) is 5.61. The van der Waals surface area contributed by atoms with E-state index in [9.17, 15) is 0 Å². The summed E-state index contributed by atoms with van der Waals surface area (Å²) in [6.07, 6.45) is 0. The molecule has 1 heterocycles. The molecule has 0 fully saturated rings. The van der Waals surface area contributed by atoms with Gasteiger partial charge in [-0.1, -0.05) is 30.3 Å². The van der Waals surface area contributed by atoms with Crippen molar-refractivity contribution < 1.29 is 4.74 Å². The second-order valence-electron chi connectivity index (χ2n) is 4.64. The summed E-state index contributed by atoms with van der Waals surface area (Å²) in [6.45, 7) is 2.94. The molecule has 0 saturated heterocycles. The molecule has 3 rings (SSSR count). The highest BCUT2D eigenvalue weighted by atomic mass is 32.1. The Morgan fingerprint density at radius 2 is 2.05 bits per heavy atom. The van der Waals surface area contributed by atoms with E-state index in [2.05, 4.69) is 23.2 Å². The van der Waals surface area contributed by atoms with Crippen LogP contribution in [0, 0.1) is 6.92 Å².